The Morgan fingerprint density at radius 2 is 2.03 bits per heavy atom. The van der Waals surface area contributed by atoms with E-state index in [2.05, 4.69) is 15.0 Å². The SMILES string of the molecule is CC(C)c1noc(N2CCC([C@H]3C[C@H]3CCOc3ccc(CC(=O)NCC(F)(F)F)c(F)c3)CC2)n1. The van der Waals surface area contributed by atoms with E-state index >= 15 is 0 Å². The number of aromatic nitrogens is 2. The van der Waals surface area contributed by atoms with Gasteiger partial charge >= 0.3 is 12.2 Å². The minimum absolute atomic E-state index is 0.0246. The summed E-state index contributed by atoms with van der Waals surface area (Å²) in [4.78, 5) is 18.3. The number of halogens is 4. The lowest BCUT2D eigenvalue weighted by atomic mass is 9.90. The molecule has 0 spiro atoms. The van der Waals surface area contributed by atoms with Crippen molar-refractivity contribution in [3.63, 3.8) is 0 Å². The van der Waals surface area contributed by atoms with Crippen molar-refractivity contribution in [3.05, 3.63) is 35.4 Å². The van der Waals surface area contributed by atoms with Gasteiger partial charge < -0.3 is 19.5 Å². The van der Waals surface area contributed by atoms with E-state index in [0.717, 1.165) is 38.2 Å². The van der Waals surface area contributed by atoms with Gasteiger partial charge in [0.1, 0.15) is 18.1 Å². The predicted octanol–water partition coefficient (Wildman–Crippen LogP) is 4.87. The molecule has 0 bridgehead atoms. The van der Waals surface area contributed by atoms with Crippen LogP contribution in [0.15, 0.2) is 22.7 Å². The highest BCUT2D eigenvalue weighted by Gasteiger charge is 2.43. The van der Waals surface area contributed by atoms with Gasteiger partial charge in [-0.1, -0.05) is 25.1 Å². The molecule has 1 aliphatic carbocycles. The van der Waals surface area contributed by atoms with Gasteiger partial charge in [-0.2, -0.15) is 18.2 Å². The number of alkyl halides is 3. The summed E-state index contributed by atoms with van der Waals surface area (Å²) in [6, 6.07) is 4.70. The number of carbonyl (C=O) groups is 1. The van der Waals surface area contributed by atoms with Gasteiger partial charge in [-0.3, -0.25) is 4.79 Å². The van der Waals surface area contributed by atoms with Crippen molar-refractivity contribution in [2.45, 2.75) is 58.0 Å². The minimum atomic E-state index is -4.50. The molecule has 1 amide bonds. The normalized spacial score (nSPS) is 20.6. The smallest absolute Gasteiger partial charge is 0.405 e. The average Bonchev–Trinajstić information content (AvgIpc) is 3.41. The third-order valence-corrected chi connectivity index (χ3v) is 6.96. The van der Waals surface area contributed by atoms with Crippen LogP contribution in [-0.2, 0) is 11.2 Å². The zero-order valence-electron chi connectivity index (χ0n) is 20.5. The van der Waals surface area contributed by atoms with E-state index < -0.39 is 30.9 Å². The van der Waals surface area contributed by atoms with Gasteiger partial charge in [0.15, 0.2) is 5.82 Å². The van der Waals surface area contributed by atoms with E-state index in [-0.39, 0.29) is 11.5 Å². The third kappa shape index (κ3) is 7.10. The number of anilines is 1. The van der Waals surface area contributed by atoms with Crippen LogP contribution >= 0.6 is 0 Å². The lowest BCUT2D eigenvalue weighted by Crippen LogP contribution is -2.34. The summed E-state index contributed by atoms with van der Waals surface area (Å²) in [5.74, 6) is 1.70. The number of ether oxygens (including phenoxy) is 1. The summed E-state index contributed by atoms with van der Waals surface area (Å²) in [6.45, 7) is 4.91. The van der Waals surface area contributed by atoms with Crippen LogP contribution in [0.3, 0.4) is 0 Å². The second-order valence-electron chi connectivity index (χ2n) is 10.0. The first kappa shape index (κ1) is 26.2. The number of carbonyl (C=O) groups excluding carboxylic acids is 1. The molecule has 2 aliphatic rings. The molecule has 1 aromatic heterocycles. The molecule has 2 atom stereocenters. The summed E-state index contributed by atoms with van der Waals surface area (Å²) < 4.78 is 61.9. The number of hydrogen-bond donors (Lipinski definition) is 1. The molecule has 2 heterocycles. The van der Waals surface area contributed by atoms with Crippen LogP contribution in [0.2, 0.25) is 0 Å². The molecule has 0 radical (unpaired) electrons. The van der Waals surface area contributed by atoms with Gasteiger partial charge in [0.25, 0.3) is 0 Å². The fourth-order valence-electron chi connectivity index (χ4n) is 4.81. The Kier molecular flexibility index (Phi) is 8.04. The van der Waals surface area contributed by atoms with Crippen molar-refractivity contribution in [3.8, 4) is 5.75 Å². The van der Waals surface area contributed by atoms with Crippen molar-refractivity contribution < 1.29 is 31.6 Å². The van der Waals surface area contributed by atoms with Crippen molar-refractivity contribution >= 4 is 11.9 Å². The van der Waals surface area contributed by atoms with E-state index in [4.69, 9.17) is 9.26 Å². The quantitative estimate of drug-likeness (QED) is 0.458. The van der Waals surface area contributed by atoms with E-state index in [9.17, 15) is 22.4 Å². The number of amides is 1. The van der Waals surface area contributed by atoms with Crippen LogP contribution < -0.4 is 15.0 Å². The highest BCUT2D eigenvalue weighted by atomic mass is 19.4. The summed E-state index contributed by atoms with van der Waals surface area (Å²) in [5.41, 5.74) is 0.0246. The van der Waals surface area contributed by atoms with E-state index in [1.165, 1.54) is 24.6 Å². The summed E-state index contributed by atoms with van der Waals surface area (Å²) in [7, 11) is 0. The minimum Gasteiger partial charge on any atom is -0.493 e. The molecule has 0 unspecified atom stereocenters. The molecule has 4 rings (SSSR count). The number of benzene rings is 1. The topological polar surface area (TPSA) is 80.5 Å². The lowest BCUT2D eigenvalue weighted by molar-refractivity contribution is -0.138. The Bertz CT molecular complexity index is 1030. The Balaban J connectivity index is 1.15. The first-order chi connectivity index (χ1) is 17.1. The van der Waals surface area contributed by atoms with E-state index in [0.29, 0.717) is 36.1 Å². The van der Waals surface area contributed by atoms with Crippen molar-refractivity contribution in [2.75, 3.05) is 31.1 Å². The maximum atomic E-state index is 14.3. The first-order valence-electron chi connectivity index (χ1n) is 12.4. The van der Waals surface area contributed by atoms with Crippen molar-refractivity contribution in [1.29, 1.82) is 0 Å². The molecule has 2 aromatic rings. The van der Waals surface area contributed by atoms with Gasteiger partial charge in [-0.15, -0.1) is 0 Å². The Morgan fingerprint density at radius 1 is 1.28 bits per heavy atom. The van der Waals surface area contributed by atoms with Gasteiger partial charge in [-0.05, 0) is 55.1 Å². The molecule has 198 valence electrons. The van der Waals surface area contributed by atoms with Gasteiger partial charge in [-0.25, -0.2) is 4.39 Å². The monoisotopic (exact) mass is 512 g/mol. The zero-order chi connectivity index (χ0) is 25.9. The Hall–Kier alpha value is -2.85. The molecule has 1 aromatic carbocycles. The van der Waals surface area contributed by atoms with Crippen LogP contribution in [0.1, 0.15) is 56.8 Å². The number of hydrogen-bond acceptors (Lipinski definition) is 6. The van der Waals surface area contributed by atoms with Crippen LogP contribution in [-0.4, -0.2) is 48.5 Å². The van der Waals surface area contributed by atoms with Crippen LogP contribution in [0, 0.1) is 23.6 Å². The maximum absolute atomic E-state index is 14.3. The number of nitrogens with zero attached hydrogens (tertiary/aromatic N) is 3. The molecule has 36 heavy (non-hydrogen) atoms. The van der Waals surface area contributed by atoms with E-state index in [1.54, 1.807) is 5.32 Å². The molecule has 1 saturated carbocycles. The molecular weight excluding hydrogens is 480 g/mol. The Morgan fingerprint density at radius 3 is 2.67 bits per heavy atom. The van der Waals surface area contributed by atoms with Gasteiger partial charge in [0.2, 0.25) is 5.91 Å². The number of nitrogens with one attached hydrogen (secondary N) is 1. The first-order valence-corrected chi connectivity index (χ1v) is 12.4. The summed E-state index contributed by atoms with van der Waals surface area (Å²) in [6.07, 6.45) is -0.732. The average molecular weight is 513 g/mol. The lowest BCUT2D eigenvalue weighted by Gasteiger charge is -2.30. The van der Waals surface area contributed by atoms with Crippen LogP contribution in [0.4, 0.5) is 23.6 Å². The second-order valence-corrected chi connectivity index (χ2v) is 10.0. The molecular formula is C25H32F4N4O3. The molecule has 1 N–H and O–H groups in total. The highest BCUT2D eigenvalue weighted by Crippen LogP contribution is 2.50. The molecule has 1 aliphatic heterocycles. The fraction of sp³-hybridized carbons (Fsp3) is 0.640. The number of rotatable bonds is 10. The van der Waals surface area contributed by atoms with Crippen LogP contribution in [0.5, 0.6) is 5.75 Å². The standard InChI is InChI=1S/C25H32F4N4O3/c1-15(2)23-31-24(36-32-23)33-8-5-16(6-9-33)20-11-17(20)7-10-35-19-4-3-18(21(26)13-19)12-22(34)30-14-25(27,28)29/h3-4,13,15-17,20H,5-12,14H2,1-2H3,(H,30,34)/t17-,20-/m1/s1. The van der Waals surface area contributed by atoms with Crippen molar-refractivity contribution in [1.82, 2.24) is 15.5 Å². The third-order valence-electron chi connectivity index (χ3n) is 6.96. The summed E-state index contributed by atoms with van der Waals surface area (Å²) in [5, 5.41) is 5.78. The maximum Gasteiger partial charge on any atom is 0.405 e. The predicted molar refractivity (Wildman–Crippen MR) is 124 cm³/mol. The largest absolute Gasteiger partial charge is 0.493 e. The molecule has 1 saturated heterocycles. The molecule has 7 nitrogen and oxygen atoms in total. The highest BCUT2D eigenvalue weighted by molar-refractivity contribution is 5.78. The second kappa shape index (κ2) is 11.0. The van der Waals surface area contributed by atoms with Crippen molar-refractivity contribution in [2.24, 2.45) is 17.8 Å². The van der Waals surface area contributed by atoms with E-state index in [1.807, 2.05) is 13.8 Å². The molecule has 11 heteroatoms. The van der Waals surface area contributed by atoms with Gasteiger partial charge in [0, 0.05) is 25.1 Å². The van der Waals surface area contributed by atoms with Gasteiger partial charge in [0.05, 0.1) is 13.0 Å². The number of piperidine rings is 1. The fourth-order valence-corrected chi connectivity index (χ4v) is 4.81. The zero-order valence-corrected chi connectivity index (χ0v) is 20.5. The summed E-state index contributed by atoms with van der Waals surface area (Å²) >= 11 is 0. The molecule has 2 fully saturated rings. The Labute approximate surface area is 207 Å². The van der Waals surface area contributed by atoms with Crippen LogP contribution in [0.25, 0.3) is 0 Å².